The first kappa shape index (κ1) is 14.0. The van der Waals surface area contributed by atoms with E-state index >= 15 is 0 Å². The van der Waals surface area contributed by atoms with Gasteiger partial charge in [-0.15, -0.1) is 0 Å². The maximum absolute atomic E-state index is 11.7. The van der Waals surface area contributed by atoms with Gasteiger partial charge in [0.15, 0.2) is 0 Å². The first-order valence-electron chi connectivity index (χ1n) is 5.70. The van der Waals surface area contributed by atoms with E-state index in [-0.39, 0.29) is 6.10 Å². The third-order valence-electron chi connectivity index (χ3n) is 2.21. The minimum Gasteiger partial charge on any atom is -0.491 e. The number of nitrogens with one attached hydrogen (secondary N) is 1. The zero-order valence-electron chi connectivity index (χ0n) is 10.6. The van der Waals surface area contributed by atoms with Crippen molar-refractivity contribution < 1.29 is 19.4 Å². The lowest BCUT2D eigenvalue weighted by atomic mass is 10.2. The van der Waals surface area contributed by atoms with Gasteiger partial charge in [-0.25, -0.2) is 0 Å². The molecule has 0 saturated carbocycles. The standard InChI is InChI=1S/C13H17NO4/c1-8(2)18-11-6-4-10(5-7-11)12(15)14-9(3)13(16)17/h4-9H,1-3H3,(H,14,15)(H,16,17). The summed E-state index contributed by atoms with van der Waals surface area (Å²) in [7, 11) is 0. The first-order valence-corrected chi connectivity index (χ1v) is 5.70. The van der Waals surface area contributed by atoms with Crippen molar-refractivity contribution >= 4 is 11.9 Å². The third-order valence-corrected chi connectivity index (χ3v) is 2.21. The van der Waals surface area contributed by atoms with Crippen LogP contribution in [0.5, 0.6) is 5.75 Å². The van der Waals surface area contributed by atoms with Crippen LogP contribution in [0.25, 0.3) is 0 Å². The predicted molar refractivity (Wildman–Crippen MR) is 66.8 cm³/mol. The van der Waals surface area contributed by atoms with E-state index in [1.807, 2.05) is 13.8 Å². The quantitative estimate of drug-likeness (QED) is 0.834. The Morgan fingerprint density at radius 2 is 1.72 bits per heavy atom. The Kier molecular flexibility index (Phi) is 4.71. The normalized spacial score (nSPS) is 12.0. The van der Waals surface area contributed by atoms with E-state index in [1.54, 1.807) is 24.3 Å². The van der Waals surface area contributed by atoms with Crippen LogP contribution in [-0.2, 0) is 4.79 Å². The lowest BCUT2D eigenvalue weighted by Gasteiger charge is -2.11. The number of benzene rings is 1. The SMILES string of the molecule is CC(C)Oc1ccc(C(=O)NC(C)C(=O)O)cc1. The molecular weight excluding hydrogens is 234 g/mol. The minimum absolute atomic E-state index is 0.0664. The zero-order valence-corrected chi connectivity index (χ0v) is 10.6. The van der Waals surface area contributed by atoms with Crippen molar-refractivity contribution in [2.45, 2.75) is 32.9 Å². The molecular formula is C13H17NO4. The van der Waals surface area contributed by atoms with Crippen LogP contribution < -0.4 is 10.1 Å². The number of aliphatic carboxylic acids is 1. The van der Waals surface area contributed by atoms with Crippen LogP contribution in [0, 0.1) is 0 Å². The van der Waals surface area contributed by atoms with Crippen molar-refractivity contribution in [2.24, 2.45) is 0 Å². The van der Waals surface area contributed by atoms with Crippen molar-refractivity contribution in [2.75, 3.05) is 0 Å². The van der Waals surface area contributed by atoms with Gasteiger partial charge in [0.2, 0.25) is 0 Å². The average molecular weight is 251 g/mol. The molecule has 0 aliphatic heterocycles. The van der Waals surface area contributed by atoms with E-state index in [0.717, 1.165) is 0 Å². The van der Waals surface area contributed by atoms with E-state index in [9.17, 15) is 9.59 Å². The number of hydrogen-bond donors (Lipinski definition) is 2. The Morgan fingerprint density at radius 3 is 2.17 bits per heavy atom. The van der Waals surface area contributed by atoms with Crippen molar-refractivity contribution in [1.82, 2.24) is 5.32 Å². The smallest absolute Gasteiger partial charge is 0.325 e. The zero-order chi connectivity index (χ0) is 13.7. The molecule has 1 aromatic carbocycles. The number of carbonyl (C=O) groups is 2. The number of rotatable bonds is 5. The van der Waals surface area contributed by atoms with Gasteiger partial charge >= 0.3 is 5.97 Å². The Balaban J connectivity index is 2.67. The second kappa shape index (κ2) is 6.05. The second-order valence-electron chi connectivity index (χ2n) is 4.22. The summed E-state index contributed by atoms with van der Waals surface area (Å²) in [6.45, 7) is 5.24. The molecule has 18 heavy (non-hydrogen) atoms. The van der Waals surface area contributed by atoms with Crippen molar-refractivity contribution in [3.63, 3.8) is 0 Å². The maximum atomic E-state index is 11.7. The molecule has 5 heteroatoms. The summed E-state index contributed by atoms with van der Waals surface area (Å²) in [6, 6.07) is 5.65. The second-order valence-corrected chi connectivity index (χ2v) is 4.22. The van der Waals surface area contributed by atoms with Crippen molar-refractivity contribution in [3.05, 3.63) is 29.8 Å². The van der Waals surface area contributed by atoms with Gasteiger partial charge < -0.3 is 15.2 Å². The molecule has 1 amide bonds. The fourth-order valence-electron chi connectivity index (χ4n) is 1.30. The molecule has 1 aromatic rings. The van der Waals surface area contributed by atoms with E-state index in [1.165, 1.54) is 6.92 Å². The number of carboxylic acids is 1. The minimum atomic E-state index is -1.07. The third kappa shape index (κ3) is 4.08. The van der Waals surface area contributed by atoms with E-state index in [4.69, 9.17) is 9.84 Å². The Bertz CT molecular complexity index is 425. The lowest BCUT2D eigenvalue weighted by Crippen LogP contribution is -2.38. The monoisotopic (exact) mass is 251 g/mol. The summed E-state index contributed by atoms with van der Waals surface area (Å²) in [5.41, 5.74) is 0.402. The molecule has 0 saturated heterocycles. The number of carbonyl (C=O) groups excluding carboxylic acids is 1. The van der Waals surface area contributed by atoms with Gasteiger partial charge in [-0.05, 0) is 45.0 Å². The summed E-state index contributed by atoms with van der Waals surface area (Å²) in [6.07, 6.45) is 0.0664. The van der Waals surface area contributed by atoms with Crippen LogP contribution in [0.2, 0.25) is 0 Å². The van der Waals surface area contributed by atoms with Gasteiger partial charge in [0.1, 0.15) is 11.8 Å². The lowest BCUT2D eigenvalue weighted by molar-refractivity contribution is -0.138. The van der Waals surface area contributed by atoms with Crippen LogP contribution in [0.15, 0.2) is 24.3 Å². The van der Waals surface area contributed by atoms with Gasteiger partial charge in [0, 0.05) is 5.56 Å². The highest BCUT2D eigenvalue weighted by Crippen LogP contribution is 2.13. The molecule has 0 bridgehead atoms. The van der Waals surface area contributed by atoms with Gasteiger partial charge in [-0.1, -0.05) is 0 Å². The largest absolute Gasteiger partial charge is 0.491 e. The van der Waals surface area contributed by atoms with Gasteiger partial charge in [0.05, 0.1) is 6.10 Å². The first-order chi connectivity index (χ1) is 8.40. The van der Waals surface area contributed by atoms with Gasteiger partial charge in [-0.3, -0.25) is 9.59 Å². The molecule has 0 spiro atoms. The fraction of sp³-hybridized carbons (Fsp3) is 0.385. The van der Waals surface area contributed by atoms with Crippen molar-refractivity contribution in [1.29, 1.82) is 0 Å². The van der Waals surface area contributed by atoms with E-state index in [2.05, 4.69) is 5.32 Å². The Morgan fingerprint density at radius 1 is 1.17 bits per heavy atom. The molecule has 0 radical (unpaired) electrons. The molecule has 0 heterocycles. The van der Waals surface area contributed by atoms with E-state index < -0.39 is 17.9 Å². The van der Waals surface area contributed by atoms with Crippen LogP contribution >= 0.6 is 0 Å². The molecule has 0 aliphatic rings. The van der Waals surface area contributed by atoms with Gasteiger partial charge in [0.25, 0.3) is 5.91 Å². The molecule has 2 N–H and O–H groups in total. The summed E-state index contributed by atoms with van der Waals surface area (Å²) < 4.78 is 5.44. The average Bonchev–Trinajstić information content (AvgIpc) is 2.28. The molecule has 1 rings (SSSR count). The molecule has 0 aromatic heterocycles. The van der Waals surface area contributed by atoms with Crippen LogP contribution in [0.3, 0.4) is 0 Å². The molecule has 98 valence electrons. The van der Waals surface area contributed by atoms with Crippen LogP contribution in [0.1, 0.15) is 31.1 Å². The number of hydrogen-bond acceptors (Lipinski definition) is 3. The highest BCUT2D eigenvalue weighted by molar-refractivity contribution is 5.96. The summed E-state index contributed by atoms with van der Waals surface area (Å²) in [4.78, 5) is 22.3. The molecule has 0 fully saturated rings. The summed E-state index contributed by atoms with van der Waals surface area (Å²) in [5.74, 6) is -0.808. The fourth-order valence-corrected chi connectivity index (χ4v) is 1.30. The van der Waals surface area contributed by atoms with Gasteiger partial charge in [-0.2, -0.15) is 0 Å². The van der Waals surface area contributed by atoms with Crippen LogP contribution in [0.4, 0.5) is 0 Å². The van der Waals surface area contributed by atoms with E-state index in [0.29, 0.717) is 11.3 Å². The Labute approximate surface area is 106 Å². The number of ether oxygens (including phenoxy) is 1. The number of carboxylic acid groups (broad SMARTS) is 1. The highest BCUT2D eigenvalue weighted by atomic mass is 16.5. The Hall–Kier alpha value is -2.04. The molecule has 1 unspecified atom stereocenters. The molecule has 5 nitrogen and oxygen atoms in total. The predicted octanol–water partition coefficient (Wildman–Crippen LogP) is 1.68. The maximum Gasteiger partial charge on any atom is 0.325 e. The molecule has 1 atom stereocenters. The molecule has 0 aliphatic carbocycles. The topological polar surface area (TPSA) is 75.6 Å². The van der Waals surface area contributed by atoms with Crippen molar-refractivity contribution in [3.8, 4) is 5.75 Å². The summed E-state index contributed by atoms with van der Waals surface area (Å²) in [5, 5.41) is 11.1. The number of amides is 1. The summed E-state index contributed by atoms with van der Waals surface area (Å²) >= 11 is 0. The highest BCUT2D eigenvalue weighted by Gasteiger charge is 2.15. The van der Waals surface area contributed by atoms with Crippen LogP contribution in [-0.4, -0.2) is 29.1 Å².